The molecule has 25 heavy (non-hydrogen) atoms. The highest BCUT2D eigenvalue weighted by molar-refractivity contribution is 7.17. The van der Waals surface area contributed by atoms with Crippen molar-refractivity contribution in [1.29, 1.82) is 10.5 Å². The summed E-state index contributed by atoms with van der Waals surface area (Å²) in [6, 6.07) is 20.1. The van der Waals surface area contributed by atoms with Gasteiger partial charge < -0.3 is 10.6 Å². The van der Waals surface area contributed by atoms with E-state index < -0.39 is 0 Å². The molecule has 5 heteroatoms. The molecule has 122 valence electrons. The summed E-state index contributed by atoms with van der Waals surface area (Å²) in [5, 5.41) is 26.2. The van der Waals surface area contributed by atoms with Crippen LogP contribution in [-0.2, 0) is 0 Å². The summed E-state index contributed by atoms with van der Waals surface area (Å²) in [6.45, 7) is 4.05. The lowest BCUT2D eigenvalue weighted by Crippen LogP contribution is -1.96. The van der Waals surface area contributed by atoms with Crippen LogP contribution < -0.4 is 10.6 Å². The summed E-state index contributed by atoms with van der Waals surface area (Å²) in [7, 11) is 0. The molecule has 0 aliphatic rings. The highest BCUT2D eigenvalue weighted by Crippen LogP contribution is 2.40. The molecule has 0 atom stereocenters. The predicted molar refractivity (Wildman–Crippen MR) is 103 cm³/mol. The standard InChI is InChI=1S/C20H16N4S/c1-13-3-7-15(8-4-13)23-19-17(11-21)18(12-22)25-20(19)24-16-9-5-14(2)6-10-16/h3-10,23-24H,1-2H3. The number of nitrogens with one attached hydrogen (secondary N) is 2. The van der Waals surface area contributed by atoms with E-state index in [1.165, 1.54) is 16.9 Å². The first-order chi connectivity index (χ1) is 12.1. The van der Waals surface area contributed by atoms with Crippen LogP contribution in [0.5, 0.6) is 0 Å². The summed E-state index contributed by atoms with van der Waals surface area (Å²) in [4.78, 5) is 0.395. The van der Waals surface area contributed by atoms with Crippen LogP contribution in [-0.4, -0.2) is 0 Å². The number of rotatable bonds is 4. The van der Waals surface area contributed by atoms with Crippen molar-refractivity contribution in [3.05, 3.63) is 70.1 Å². The number of hydrogen-bond donors (Lipinski definition) is 2. The lowest BCUT2D eigenvalue weighted by molar-refractivity contribution is 1.44. The molecule has 2 aromatic carbocycles. The second kappa shape index (κ2) is 7.09. The van der Waals surface area contributed by atoms with Crippen LogP contribution in [0.15, 0.2) is 48.5 Å². The fourth-order valence-electron chi connectivity index (χ4n) is 2.37. The number of nitriles is 2. The predicted octanol–water partition coefficient (Wildman–Crippen LogP) is 5.60. The van der Waals surface area contributed by atoms with E-state index in [1.54, 1.807) is 0 Å². The minimum atomic E-state index is 0.364. The fourth-order valence-corrected chi connectivity index (χ4v) is 3.30. The van der Waals surface area contributed by atoms with Crippen LogP contribution in [0.1, 0.15) is 21.6 Å². The Kier molecular flexibility index (Phi) is 4.70. The lowest BCUT2D eigenvalue weighted by Gasteiger charge is -2.11. The third-order valence-corrected chi connectivity index (χ3v) is 4.76. The van der Waals surface area contributed by atoms with Gasteiger partial charge in [-0.2, -0.15) is 10.5 Å². The van der Waals surface area contributed by atoms with E-state index in [1.807, 2.05) is 62.4 Å². The summed E-state index contributed by atoms with van der Waals surface area (Å²) in [5.74, 6) is 0. The van der Waals surface area contributed by atoms with Gasteiger partial charge in [-0.1, -0.05) is 35.4 Å². The highest BCUT2D eigenvalue weighted by Gasteiger charge is 2.18. The van der Waals surface area contributed by atoms with Gasteiger partial charge in [0.05, 0.1) is 5.69 Å². The lowest BCUT2D eigenvalue weighted by atomic mass is 10.2. The van der Waals surface area contributed by atoms with Gasteiger partial charge in [-0.3, -0.25) is 0 Å². The third kappa shape index (κ3) is 3.63. The van der Waals surface area contributed by atoms with Gasteiger partial charge in [0.25, 0.3) is 0 Å². The maximum Gasteiger partial charge on any atom is 0.126 e. The smallest absolute Gasteiger partial charge is 0.126 e. The number of hydrogen-bond acceptors (Lipinski definition) is 5. The summed E-state index contributed by atoms with van der Waals surface area (Å²) >= 11 is 1.27. The molecular formula is C20H16N4S. The Hall–Kier alpha value is -3.28. The zero-order valence-corrected chi connectivity index (χ0v) is 14.7. The molecule has 3 aromatic rings. The third-order valence-electron chi connectivity index (χ3n) is 3.75. The highest BCUT2D eigenvalue weighted by atomic mass is 32.1. The van der Waals surface area contributed by atoms with E-state index in [9.17, 15) is 10.5 Å². The SMILES string of the molecule is Cc1ccc(Nc2sc(C#N)c(C#N)c2Nc2ccc(C)cc2)cc1. The van der Waals surface area contributed by atoms with Gasteiger partial charge in [0, 0.05) is 11.4 Å². The molecule has 4 nitrogen and oxygen atoms in total. The molecule has 0 amide bonds. The second-order valence-electron chi connectivity index (χ2n) is 5.72. The number of aryl methyl sites for hydroxylation is 2. The van der Waals surface area contributed by atoms with Crippen LogP contribution >= 0.6 is 11.3 Å². The Bertz CT molecular complexity index is 971. The van der Waals surface area contributed by atoms with Gasteiger partial charge in [-0.15, -0.1) is 11.3 Å². The molecule has 0 bridgehead atoms. The van der Waals surface area contributed by atoms with E-state index in [4.69, 9.17) is 0 Å². The normalized spacial score (nSPS) is 9.92. The first-order valence-electron chi connectivity index (χ1n) is 7.75. The summed E-state index contributed by atoms with van der Waals surface area (Å²) < 4.78 is 0. The second-order valence-corrected chi connectivity index (χ2v) is 6.74. The van der Waals surface area contributed by atoms with Crippen molar-refractivity contribution in [3.63, 3.8) is 0 Å². The Morgan fingerprint density at radius 3 is 1.76 bits per heavy atom. The van der Waals surface area contributed by atoms with E-state index in [0.717, 1.165) is 21.9 Å². The van der Waals surface area contributed by atoms with E-state index >= 15 is 0 Å². The zero-order valence-electron chi connectivity index (χ0n) is 13.9. The fraction of sp³-hybridized carbons (Fsp3) is 0.100. The molecule has 3 rings (SSSR count). The first kappa shape index (κ1) is 16.6. The van der Waals surface area contributed by atoms with Crippen molar-refractivity contribution in [2.75, 3.05) is 10.6 Å². The monoisotopic (exact) mass is 344 g/mol. The van der Waals surface area contributed by atoms with Gasteiger partial charge in [0.1, 0.15) is 27.6 Å². The van der Waals surface area contributed by atoms with Crippen molar-refractivity contribution in [1.82, 2.24) is 0 Å². The van der Waals surface area contributed by atoms with Gasteiger partial charge >= 0.3 is 0 Å². The first-order valence-corrected chi connectivity index (χ1v) is 8.56. The van der Waals surface area contributed by atoms with Crippen LogP contribution in [0.4, 0.5) is 22.1 Å². The van der Waals surface area contributed by atoms with Gasteiger partial charge in [-0.05, 0) is 38.1 Å². The van der Waals surface area contributed by atoms with Crippen LogP contribution in [0, 0.1) is 36.5 Å². The molecule has 0 aliphatic heterocycles. The van der Waals surface area contributed by atoms with Crippen molar-refractivity contribution in [2.45, 2.75) is 13.8 Å². The number of benzene rings is 2. The number of anilines is 4. The molecule has 0 saturated carbocycles. The molecule has 0 spiro atoms. The van der Waals surface area contributed by atoms with Crippen LogP contribution in [0.2, 0.25) is 0 Å². The van der Waals surface area contributed by atoms with Crippen molar-refractivity contribution >= 4 is 33.4 Å². The van der Waals surface area contributed by atoms with Gasteiger partial charge in [-0.25, -0.2) is 0 Å². The van der Waals surface area contributed by atoms with Crippen molar-refractivity contribution in [2.24, 2.45) is 0 Å². The Morgan fingerprint density at radius 1 is 0.760 bits per heavy atom. The molecule has 1 aromatic heterocycles. The molecule has 0 radical (unpaired) electrons. The largest absolute Gasteiger partial charge is 0.352 e. The summed E-state index contributed by atoms with van der Waals surface area (Å²) in [5.41, 5.74) is 5.11. The average molecular weight is 344 g/mol. The van der Waals surface area contributed by atoms with Crippen molar-refractivity contribution < 1.29 is 0 Å². The molecular weight excluding hydrogens is 328 g/mol. The Balaban J connectivity index is 2.00. The van der Waals surface area contributed by atoms with Crippen molar-refractivity contribution in [3.8, 4) is 12.1 Å². The Morgan fingerprint density at radius 2 is 1.28 bits per heavy atom. The van der Waals surface area contributed by atoms with Crippen LogP contribution in [0.25, 0.3) is 0 Å². The van der Waals surface area contributed by atoms with E-state index in [0.29, 0.717) is 16.1 Å². The molecule has 2 N–H and O–H groups in total. The van der Waals surface area contributed by atoms with E-state index in [-0.39, 0.29) is 0 Å². The van der Waals surface area contributed by atoms with E-state index in [2.05, 4.69) is 22.8 Å². The topological polar surface area (TPSA) is 71.6 Å². The Labute approximate surface area is 151 Å². The summed E-state index contributed by atoms with van der Waals surface area (Å²) in [6.07, 6.45) is 0. The average Bonchev–Trinajstić information content (AvgIpc) is 2.95. The number of nitrogens with zero attached hydrogens (tertiary/aromatic N) is 2. The molecule has 0 saturated heterocycles. The minimum absolute atomic E-state index is 0.364. The zero-order chi connectivity index (χ0) is 17.8. The molecule has 0 fully saturated rings. The van der Waals surface area contributed by atoms with Crippen LogP contribution in [0.3, 0.4) is 0 Å². The minimum Gasteiger partial charge on any atom is -0.352 e. The van der Waals surface area contributed by atoms with Gasteiger partial charge in [0.15, 0.2) is 0 Å². The number of thiophene rings is 1. The molecule has 1 heterocycles. The van der Waals surface area contributed by atoms with Gasteiger partial charge in [0.2, 0.25) is 0 Å². The molecule has 0 unspecified atom stereocenters. The molecule has 0 aliphatic carbocycles. The maximum atomic E-state index is 9.51. The maximum absolute atomic E-state index is 9.51. The quantitative estimate of drug-likeness (QED) is 0.646.